The molecule has 0 aliphatic rings. The first-order valence-electron chi connectivity index (χ1n) is 7.29. The summed E-state index contributed by atoms with van der Waals surface area (Å²) in [6.07, 6.45) is 7.30. The lowest BCUT2D eigenvalue weighted by Gasteiger charge is -2.31. The molecule has 0 saturated carbocycles. The predicted octanol–water partition coefficient (Wildman–Crippen LogP) is 4.57. The van der Waals surface area contributed by atoms with Gasteiger partial charge >= 0.3 is 0 Å². The number of unbranched alkanes of at least 4 members (excludes halogenated alkanes) is 2. The molecular weight excluding hydrogens is 212 g/mol. The van der Waals surface area contributed by atoms with E-state index in [4.69, 9.17) is 9.47 Å². The van der Waals surface area contributed by atoms with Crippen LogP contribution >= 0.6 is 0 Å². The molecule has 0 aliphatic heterocycles. The minimum Gasteiger partial charge on any atom is -0.381 e. The van der Waals surface area contributed by atoms with Gasteiger partial charge in [0.1, 0.15) is 0 Å². The molecule has 0 radical (unpaired) electrons. The van der Waals surface area contributed by atoms with Gasteiger partial charge < -0.3 is 9.47 Å². The van der Waals surface area contributed by atoms with E-state index < -0.39 is 0 Å². The Bertz CT molecular complexity index is 168. The highest BCUT2D eigenvalue weighted by molar-refractivity contribution is 4.74. The Morgan fingerprint density at radius 2 is 1.65 bits per heavy atom. The summed E-state index contributed by atoms with van der Waals surface area (Å²) < 4.78 is 11.6. The topological polar surface area (TPSA) is 18.5 Å². The van der Waals surface area contributed by atoms with Crippen molar-refractivity contribution in [1.82, 2.24) is 0 Å². The van der Waals surface area contributed by atoms with Crippen molar-refractivity contribution in [1.29, 1.82) is 0 Å². The van der Waals surface area contributed by atoms with Crippen molar-refractivity contribution in [3.63, 3.8) is 0 Å². The van der Waals surface area contributed by atoms with Crippen LogP contribution in [0.15, 0.2) is 0 Å². The van der Waals surface area contributed by atoms with Crippen molar-refractivity contribution < 1.29 is 9.47 Å². The van der Waals surface area contributed by atoms with Crippen molar-refractivity contribution >= 4 is 0 Å². The number of ether oxygens (including phenoxy) is 2. The van der Waals surface area contributed by atoms with Crippen LogP contribution in [0.3, 0.4) is 0 Å². The van der Waals surface area contributed by atoms with Crippen LogP contribution in [-0.2, 0) is 9.47 Å². The van der Waals surface area contributed by atoms with Crippen LogP contribution in [-0.4, -0.2) is 24.9 Å². The average Bonchev–Trinajstić information content (AvgIpc) is 2.27. The van der Waals surface area contributed by atoms with Crippen molar-refractivity contribution in [3.05, 3.63) is 0 Å². The maximum absolute atomic E-state index is 5.99. The Hall–Kier alpha value is -0.0800. The normalized spacial score (nSPS) is 15.2. The molecule has 0 saturated heterocycles. The monoisotopic (exact) mass is 244 g/mol. The van der Waals surface area contributed by atoms with Crippen molar-refractivity contribution in [2.45, 2.75) is 84.8 Å². The van der Waals surface area contributed by atoms with Crippen LogP contribution in [0.4, 0.5) is 0 Å². The van der Waals surface area contributed by atoms with Gasteiger partial charge in [-0.05, 0) is 52.9 Å². The van der Waals surface area contributed by atoms with E-state index in [1.807, 2.05) is 0 Å². The van der Waals surface area contributed by atoms with E-state index in [-0.39, 0.29) is 5.60 Å². The molecule has 2 heteroatoms. The Balaban J connectivity index is 3.55. The fraction of sp³-hybridized carbons (Fsp3) is 1.00. The van der Waals surface area contributed by atoms with Gasteiger partial charge in [0.25, 0.3) is 0 Å². The molecule has 0 aliphatic carbocycles. The van der Waals surface area contributed by atoms with Crippen LogP contribution in [0.5, 0.6) is 0 Å². The summed E-state index contributed by atoms with van der Waals surface area (Å²) >= 11 is 0. The molecule has 1 atom stereocenters. The van der Waals surface area contributed by atoms with Gasteiger partial charge in [-0.15, -0.1) is 0 Å². The zero-order valence-electron chi connectivity index (χ0n) is 12.6. The van der Waals surface area contributed by atoms with Gasteiger partial charge in [-0.1, -0.05) is 20.3 Å². The molecule has 0 aromatic rings. The lowest BCUT2D eigenvalue weighted by atomic mass is 9.95. The molecule has 0 aromatic heterocycles. The fourth-order valence-electron chi connectivity index (χ4n) is 1.94. The van der Waals surface area contributed by atoms with E-state index in [9.17, 15) is 0 Å². The van der Waals surface area contributed by atoms with Crippen molar-refractivity contribution in [2.24, 2.45) is 0 Å². The van der Waals surface area contributed by atoms with Gasteiger partial charge in [-0.3, -0.25) is 0 Å². The van der Waals surface area contributed by atoms with Crippen molar-refractivity contribution in [3.8, 4) is 0 Å². The van der Waals surface area contributed by atoms with E-state index in [1.165, 1.54) is 19.3 Å². The van der Waals surface area contributed by atoms with E-state index in [0.717, 1.165) is 32.5 Å². The van der Waals surface area contributed by atoms with Crippen LogP contribution in [0.2, 0.25) is 0 Å². The van der Waals surface area contributed by atoms with Gasteiger partial charge in [-0.2, -0.15) is 0 Å². The second kappa shape index (κ2) is 9.90. The molecule has 104 valence electrons. The van der Waals surface area contributed by atoms with Gasteiger partial charge in [-0.25, -0.2) is 0 Å². The molecule has 0 aromatic carbocycles. The summed E-state index contributed by atoms with van der Waals surface area (Å²) in [6.45, 7) is 12.7. The number of rotatable bonds is 11. The molecule has 0 heterocycles. The quantitative estimate of drug-likeness (QED) is 0.496. The zero-order valence-corrected chi connectivity index (χ0v) is 12.6. The molecule has 0 fully saturated rings. The summed E-state index contributed by atoms with van der Waals surface area (Å²) in [5.41, 5.74) is 0.0532. The predicted molar refractivity (Wildman–Crippen MR) is 74.5 cm³/mol. The van der Waals surface area contributed by atoms with E-state index in [1.54, 1.807) is 0 Å². The maximum Gasteiger partial charge on any atom is 0.0655 e. The van der Waals surface area contributed by atoms with Crippen molar-refractivity contribution in [2.75, 3.05) is 13.2 Å². The first-order chi connectivity index (χ1) is 8.04. The molecule has 17 heavy (non-hydrogen) atoms. The van der Waals surface area contributed by atoms with Gasteiger partial charge in [0.2, 0.25) is 0 Å². The van der Waals surface area contributed by atoms with Gasteiger partial charge in [0.05, 0.1) is 11.7 Å². The Labute approximate surface area is 108 Å². The fourth-order valence-corrected chi connectivity index (χ4v) is 1.94. The summed E-state index contributed by atoms with van der Waals surface area (Å²) in [5.74, 6) is 0. The van der Waals surface area contributed by atoms with Crippen LogP contribution in [0.25, 0.3) is 0 Å². The lowest BCUT2D eigenvalue weighted by Crippen LogP contribution is -2.31. The third kappa shape index (κ3) is 9.61. The minimum absolute atomic E-state index is 0.0532. The zero-order chi connectivity index (χ0) is 13.1. The molecule has 0 bridgehead atoms. The Morgan fingerprint density at radius 3 is 2.18 bits per heavy atom. The standard InChI is InChI=1S/C15H32O2/c1-6-8-12-16-13-10-9-11-15(5,7-2)17-14(3)4/h14H,6-13H2,1-5H3. The smallest absolute Gasteiger partial charge is 0.0655 e. The molecule has 1 unspecified atom stereocenters. The first-order valence-corrected chi connectivity index (χ1v) is 7.29. The molecule has 0 spiro atoms. The van der Waals surface area contributed by atoms with Gasteiger partial charge in [0.15, 0.2) is 0 Å². The third-order valence-electron chi connectivity index (χ3n) is 3.15. The SMILES string of the molecule is CCCCOCCCCC(C)(CC)OC(C)C. The molecule has 0 rings (SSSR count). The highest BCUT2D eigenvalue weighted by Crippen LogP contribution is 2.24. The van der Waals surface area contributed by atoms with E-state index in [2.05, 4.69) is 34.6 Å². The number of hydrogen-bond donors (Lipinski definition) is 0. The lowest BCUT2D eigenvalue weighted by molar-refractivity contribution is -0.0769. The van der Waals surface area contributed by atoms with E-state index >= 15 is 0 Å². The summed E-state index contributed by atoms with van der Waals surface area (Å²) in [5, 5.41) is 0. The second-order valence-corrected chi connectivity index (χ2v) is 5.39. The molecular formula is C15H32O2. The largest absolute Gasteiger partial charge is 0.381 e. The summed E-state index contributed by atoms with van der Waals surface area (Å²) in [7, 11) is 0. The maximum atomic E-state index is 5.99. The number of hydrogen-bond acceptors (Lipinski definition) is 2. The first kappa shape index (κ1) is 16.9. The van der Waals surface area contributed by atoms with Gasteiger partial charge in [0, 0.05) is 13.2 Å². The highest BCUT2D eigenvalue weighted by atomic mass is 16.5. The summed E-state index contributed by atoms with van der Waals surface area (Å²) in [6, 6.07) is 0. The minimum atomic E-state index is 0.0532. The van der Waals surface area contributed by atoms with Crippen LogP contribution in [0, 0.1) is 0 Å². The average molecular weight is 244 g/mol. The van der Waals surface area contributed by atoms with Crippen LogP contribution in [0.1, 0.15) is 73.1 Å². The Morgan fingerprint density at radius 1 is 1.00 bits per heavy atom. The Kier molecular flexibility index (Phi) is 9.85. The van der Waals surface area contributed by atoms with E-state index in [0.29, 0.717) is 6.10 Å². The third-order valence-corrected chi connectivity index (χ3v) is 3.15. The molecule has 0 amide bonds. The van der Waals surface area contributed by atoms with Crippen LogP contribution < -0.4 is 0 Å². The molecule has 2 nitrogen and oxygen atoms in total. The summed E-state index contributed by atoms with van der Waals surface area (Å²) in [4.78, 5) is 0. The molecule has 0 N–H and O–H groups in total. The highest BCUT2D eigenvalue weighted by Gasteiger charge is 2.23. The second-order valence-electron chi connectivity index (χ2n) is 5.39.